The van der Waals surface area contributed by atoms with Gasteiger partial charge in [0.2, 0.25) is 0 Å². The number of benzene rings is 1. The molecule has 0 aliphatic rings. The molecule has 0 fully saturated rings. The van der Waals surface area contributed by atoms with Crippen LogP contribution in [0.25, 0.3) is 16.9 Å². The van der Waals surface area contributed by atoms with Gasteiger partial charge in [-0.1, -0.05) is 29.3 Å². The van der Waals surface area contributed by atoms with E-state index in [1.54, 1.807) is 28.7 Å². The summed E-state index contributed by atoms with van der Waals surface area (Å²) in [5.41, 5.74) is 1.71. The van der Waals surface area contributed by atoms with E-state index < -0.39 is 5.97 Å². The van der Waals surface area contributed by atoms with Crippen molar-refractivity contribution >= 4 is 34.8 Å². The van der Waals surface area contributed by atoms with Gasteiger partial charge in [-0.2, -0.15) is 0 Å². The van der Waals surface area contributed by atoms with Crippen molar-refractivity contribution in [1.82, 2.24) is 14.4 Å². The average molecular weight is 308 g/mol. The van der Waals surface area contributed by atoms with Crippen LogP contribution in [0.5, 0.6) is 0 Å². The largest absolute Gasteiger partial charge is 0.476 e. The summed E-state index contributed by atoms with van der Waals surface area (Å²) in [6.07, 6.45) is 2.95. The quantitative estimate of drug-likeness (QED) is 0.788. The van der Waals surface area contributed by atoms with Gasteiger partial charge in [-0.15, -0.1) is 0 Å². The number of nitrogens with zero attached hydrogens (tertiary/aromatic N) is 3. The second-order valence-corrected chi connectivity index (χ2v) is 4.87. The Morgan fingerprint density at radius 3 is 2.65 bits per heavy atom. The van der Waals surface area contributed by atoms with E-state index in [0.29, 0.717) is 10.0 Å². The van der Waals surface area contributed by atoms with Crippen molar-refractivity contribution in [2.24, 2.45) is 0 Å². The Balaban J connectivity index is 2.26. The van der Waals surface area contributed by atoms with Crippen LogP contribution in [0.2, 0.25) is 10.0 Å². The SMILES string of the molecule is O=C(O)c1ncn2c(-c3ccc(Cl)c(Cl)c3)ccnc12. The van der Waals surface area contributed by atoms with E-state index >= 15 is 0 Å². The normalized spacial score (nSPS) is 10.9. The first-order valence-corrected chi connectivity index (χ1v) is 6.34. The number of aromatic carboxylic acids is 1. The van der Waals surface area contributed by atoms with E-state index in [9.17, 15) is 4.79 Å². The smallest absolute Gasteiger partial charge is 0.358 e. The first kappa shape index (κ1) is 12.9. The van der Waals surface area contributed by atoms with Gasteiger partial charge in [0, 0.05) is 11.8 Å². The van der Waals surface area contributed by atoms with E-state index in [1.807, 2.05) is 0 Å². The summed E-state index contributed by atoms with van der Waals surface area (Å²) >= 11 is 11.9. The lowest BCUT2D eigenvalue weighted by Crippen LogP contribution is -2.00. The van der Waals surface area contributed by atoms with Gasteiger partial charge in [0.05, 0.1) is 15.7 Å². The molecule has 0 radical (unpaired) electrons. The molecule has 20 heavy (non-hydrogen) atoms. The highest BCUT2D eigenvalue weighted by Gasteiger charge is 2.15. The molecule has 100 valence electrons. The third kappa shape index (κ3) is 2.01. The van der Waals surface area contributed by atoms with Crippen molar-refractivity contribution in [1.29, 1.82) is 0 Å². The molecule has 1 aromatic carbocycles. The van der Waals surface area contributed by atoms with Crippen LogP contribution in [0.3, 0.4) is 0 Å². The van der Waals surface area contributed by atoms with Crippen LogP contribution in [0.4, 0.5) is 0 Å². The number of halogens is 2. The van der Waals surface area contributed by atoms with Crippen LogP contribution in [0.1, 0.15) is 10.5 Å². The van der Waals surface area contributed by atoms with Crippen molar-refractivity contribution < 1.29 is 9.90 Å². The van der Waals surface area contributed by atoms with E-state index in [2.05, 4.69) is 9.97 Å². The van der Waals surface area contributed by atoms with E-state index in [1.165, 1.54) is 12.5 Å². The number of carboxylic acid groups (broad SMARTS) is 1. The predicted octanol–water partition coefficient (Wildman–Crippen LogP) is 3.40. The van der Waals surface area contributed by atoms with Gasteiger partial charge >= 0.3 is 5.97 Å². The number of fused-ring (bicyclic) bond motifs is 1. The van der Waals surface area contributed by atoms with E-state index in [-0.39, 0.29) is 11.3 Å². The lowest BCUT2D eigenvalue weighted by Gasteiger charge is -2.06. The average Bonchev–Trinajstić information content (AvgIpc) is 2.86. The molecule has 0 bridgehead atoms. The van der Waals surface area contributed by atoms with Gasteiger partial charge in [0.1, 0.15) is 6.33 Å². The van der Waals surface area contributed by atoms with Gasteiger partial charge in [0.25, 0.3) is 0 Å². The topological polar surface area (TPSA) is 67.5 Å². The molecule has 0 aliphatic heterocycles. The van der Waals surface area contributed by atoms with E-state index in [0.717, 1.165) is 11.3 Å². The minimum Gasteiger partial charge on any atom is -0.476 e. The third-order valence-corrected chi connectivity index (χ3v) is 3.59. The zero-order valence-corrected chi connectivity index (χ0v) is 11.4. The summed E-state index contributed by atoms with van der Waals surface area (Å²) in [7, 11) is 0. The van der Waals surface area contributed by atoms with Crippen molar-refractivity contribution in [2.45, 2.75) is 0 Å². The number of hydrogen-bond acceptors (Lipinski definition) is 3. The highest BCUT2D eigenvalue weighted by atomic mass is 35.5. The molecular formula is C13H7Cl2N3O2. The monoisotopic (exact) mass is 307 g/mol. The highest BCUT2D eigenvalue weighted by molar-refractivity contribution is 6.42. The zero-order chi connectivity index (χ0) is 14.3. The summed E-state index contributed by atoms with van der Waals surface area (Å²) in [5, 5.41) is 9.94. The Morgan fingerprint density at radius 1 is 1.15 bits per heavy atom. The maximum absolute atomic E-state index is 11.1. The maximum atomic E-state index is 11.1. The number of hydrogen-bond donors (Lipinski definition) is 1. The zero-order valence-electron chi connectivity index (χ0n) is 9.92. The molecule has 0 aliphatic carbocycles. The molecule has 2 aromatic heterocycles. The van der Waals surface area contributed by atoms with Crippen molar-refractivity contribution in [2.75, 3.05) is 0 Å². The fourth-order valence-corrected chi connectivity index (χ4v) is 2.24. The summed E-state index contributed by atoms with van der Waals surface area (Å²) < 4.78 is 1.60. The van der Waals surface area contributed by atoms with Crippen LogP contribution >= 0.6 is 23.2 Å². The standard InChI is InChI=1S/C13H7Cl2N3O2/c14-8-2-1-7(5-9(8)15)10-3-4-16-12-11(13(19)20)17-6-18(10)12/h1-6H,(H,19,20). The van der Waals surface area contributed by atoms with E-state index in [4.69, 9.17) is 28.3 Å². The second-order valence-electron chi connectivity index (χ2n) is 4.05. The van der Waals surface area contributed by atoms with Crippen LogP contribution in [-0.4, -0.2) is 25.4 Å². The molecule has 0 saturated heterocycles. The fraction of sp³-hybridized carbons (Fsp3) is 0. The molecule has 3 rings (SSSR count). The Kier molecular flexibility index (Phi) is 3.08. The lowest BCUT2D eigenvalue weighted by molar-refractivity contribution is 0.0693. The summed E-state index contributed by atoms with van der Waals surface area (Å²) in [5.74, 6) is -1.12. The van der Waals surface area contributed by atoms with Gasteiger partial charge < -0.3 is 5.11 Å². The minimum absolute atomic E-state index is 0.0908. The molecule has 2 heterocycles. The number of carboxylic acids is 1. The first-order chi connectivity index (χ1) is 9.58. The highest BCUT2D eigenvalue weighted by Crippen LogP contribution is 2.28. The van der Waals surface area contributed by atoms with Crippen LogP contribution in [-0.2, 0) is 0 Å². The Labute approximate surface area is 123 Å². The maximum Gasteiger partial charge on any atom is 0.358 e. The molecule has 0 unspecified atom stereocenters. The molecule has 0 saturated carbocycles. The van der Waals surface area contributed by atoms with Gasteiger partial charge in [0.15, 0.2) is 11.3 Å². The van der Waals surface area contributed by atoms with Gasteiger partial charge in [-0.25, -0.2) is 14.8 Å². The molecule has 5 nitrogen and oxygen atoms in total. The molecule has 0 atom stereocenters. The number of carbonyl (C=O) groups is 1. The minimum atomic E-state index is -1.12. The molecule has 0 spiro atoms. The predicted molar refractivity (Wildman–Crippen MR) is 75.4 cm³/mol. The number of rotatable bonds is 2. The second kappa shape index (κ2) is 4.77. The van der Waals surface area contributed by atoms with Crippen molar-refractivity contribution in [3.05, 3.63) is 52.5 Å². The van der Waals surface area contributed by atoms with Gasteiger partial charge in [-0.05, 0) is 18.2 Å². The first-order valence-electron chi connectivity index (χ1n) is 5.58. The Morgan fingerprint density at radius 2 is 1.95 bits per heavy atom. The summed E-state index contributed by atoms with van der Waals surface area (Å²) in [6.45, 7) is 0. The Hall–Kier alpha value is -2.11. The van der Waals surface area contributed by atoms with Crippen LogP contribution in [0, 0.1) is 0 Å². The summed E-state index contributed by atoms with van der Waals surface area (Å²) in [4.78, 5) is 19.0. The lowest BCUT2D eigenvalue weighted by atomic mass is 10.1. The Bertz CT molecular complexity index is 830. The number of aromatic nitrogens is 3. The number of imidazole rings is 1. The van der Waals surface area contributed by atoms with Crippen molar-refractivity contribution in [3.63, 3.8) is 0 Å². The van der Waals surface area contributed by atoms with Gasteiger partial charge in [-0.3, -0.25) is 4.40 Å². The molecule has 1 N–H and O–H groups in total. The molecular weight excluding hydrogens is 301 g/mol. The van der Waals surface area contributed by atoms with Crippen molar-refractivity contribution in [3.8, 4) is 11.3 Å². The summed E-state index contributed by atoms with van der Waals surface area (Å²) in [6, 6.07) is 6.93. The molecule has 0 amide bonds. The molecule has 7 heteroatoms. The molecule has 3 aromatic rings. The van der Waals surface area contributed by atoms with Crippen LogP contribution in [0.15, 0.2) is 36.8 Å². The third-order valence-electron chi connectivity index (χ3n) is 2.85. The fourth-order valence-electron chi connectivity index (χ4n) is 1.94. The van der Waals surface area contributed by atoms with Crippen LogP contribution < -0.4 is 0 Å².